The first-order valence-electron chi connectivity index (χ1n) is 8.70. The van der Waals surface area contributed by atoms with Gasteiger partial charge in [0.25, 0.3) is 5.56 Å². The summed E-state index contributed by atoms with van der Waals surface area (Å²) in [4.78, 5) is 24.1. The van der Waals surface area contributed by atoms with Crippen LogP contribution in [0.15, 0.2) is 47.3 Å². The maximum atomic E-state index is 12.2. The normalized spacial score (nSPS) is 20.2. The van der Waals surface area contributed by atoms with E-state index in [2.05, 4.69) is 10.4 Å². The van der Waals surface area contributed by atoms with Crippen LogP contribution in [0.2, 0.25) is 0 Å². The van der Waals surface area contributed by atoms with Crippen LogP contribution in [0.3, 0.4) is 0 Å². The van der Waals surface area contributed by atoms with Crippen molar-refractivity contribution in [1.82, 2.24) is 15.1 Å². The molecule has 132 valence electrons. The molecule has 1 aliphatic carbocycles. The van der Waals surface area contributed by atoms with E-state index in [4.69, 9.17) is 0 Å². The summed E-state index contributed by atoms with van der Waals surface area (Å²) >= 11 is 0. The van der Waals surface area contributed by atoms with E-state index in [9.17, 15) is 14.7 Å². The van der Waals surface area contributed by atoms with Crippen molar-refractivity contribution in [2.75, 3.05) is 6.54 Å². The highest BCUT2D eigenvalue weighted by Gasteiger charge is 2.20. The monoisotopic (exact) mass is 341 g/mol. The van der Waals surface area contributed by atoms with E-state index in [0.29, 0.717) is 18.2 Å². The largest absolute Gasteiger partial charge is 0.393 e. The Labute approximate surface area is 146 Å². The molecule has 2 aromatic rings. The lowest BCUT2D eigenvalue weighted by atomic mass is 9.87. The molecule has 0 radical (unpaired) electrons. The minimum Gasteiger partial charge on any atom is -0.393 e. The number of nitrogens with one attached hydrogen (secondary N) is 1. The highest BCUT2D eigenvalue weighted by molar-refractivity contribution is 5.75. The number of benzene rings is 1. The highest BCUT2D eigenvalue weighted by atomic mass is 16.3. The van der Waals surface area contributed by atoms with Crippen molar-refractivity contribution in [3.63, 3.8) is 0 Å². The van der Waals surface area contributed by atoms with E-state index in [1.165, 1.54) is 10.7 Å². The van der Waals surface area contributed by atoms with Gasteiger partial charge in [-0.05, 0) is 31.2 Å². The summed E-state index contributed by atoms with van der Waals surface area (Å²) < 4.78 is 1.19. The molecule has 1 aromatic carbocycles. The van der Waals surface area contributed by atoms with Gasteiger partial charge in [0.15, 0.2) is 0 Å². The predicted molar refractivity (Wildman–Crippen MR) is 94.9 cm³/mol. The smallest absolute Gasteiger partial charge is 0.267 e. The van der Waals surface area contributed by atoms with Gasteiger partial charge in [0, 0.05) is 18.2 Å². The summed E-state index contributed by atoms with van der Waals surface area (Å²) in [5.41, 5.74) is 1.25. The number of aliphatic hydroxyl groups is 1. The maximum absolute atomic E-state index is 12.2. The first-order chi connectivity index (χ1) is 12.1. The third-order valence-electron chi connectivity index (χ3n) is 4.57. The van der Waals surface area contributed by atoms with Crippen LogP contribution in [0.25, 0.3) is 11.3 Å². The quantitative estimate of drug-likeness (QED) is 0.865. The van der Waals surface area contributed by atoms with Gasteiger partial charge in [0.1, 0.15) is 6.54 Å². The maximum Gasteiger partial charge on any atom is 0.267 e. The Morgan fingerprint density at radius 1 is 1.20 bits per heavy atom. The molecule has 0 spiro atoms. The predicted octanol–water partition coefficient (Wildman–Crippen LogP) is 1.58. The molecule has 2 atom stereocenters. The van der Waals surface area contributed by atoms with Gasteiger partial charge in [0.2, 0.25) is 5.91 Å². The highest BCUT2D eigenvalue weighted by Crippen LogP contribution is 2.23. The second kappa shape index (κ2) is 8.07. The van der Waals surface area contributed by atoms with Crippen molar-refractivity contribution < 1.29 is 9.90 Å². The Balaban J connectivity index is 1.62. The molecule has 6 heteroatoms. The average molecular weight is 341 g/mol. The molecule has 1 amide bonds. The van der Waals surface area contributed by atoms with Crippen LogP contribution in [0, 0.1) is 5.92 Å². The van der Waals surface area contributed by atoms with E-state index in [1.54, 1.807) is 6.07 Å². The molecular formula is C19H23N3O3. The fourth-order valence-electron chi connectivity index (χ4n) is 3.22. The number of aliphatic hydroxyl groups excluding tert-OH is 1. The van der Waals surface area contributed by atoms with Gasteiger partial charge in [-0.2, -0.15) is 5.10 Å². The van der Waals surface area contributed by atoms with Crippen LogP contribution < -0.4 is 10.9 Å². The van der Waals surface area contributed by atoms with Crippen molar-refractivity contribution in [3.8, 4) is 11.3 Å². The lowest BCUT2D eigenvalue weighted by molar-refractivity contribution is -0.122. The van der Waals surface area contributed by atoms with E-state index in [-0.39, 0.29) is 24.1 Å². The first kappa shape index (κ1) is 17.4. The van der Waals surface area contributed by atoms with Gasteiger partial charge in [0.05, 0.1) is 11.8 Å². The number of hydrogen-bond donors (Lipinski definition) is 2. The van der Waals surface area contributed by atoms with E-state index in [0.717, 1.165) is 31.2 Å². The summed E-state index contributed by atoms with van der Waals surface area (Å²) in [6, 6.07) is 12.6. The number of amides is 1. The van der Waals surface area contributed by atoms with E-state index < -0.39 is 0 Å². The number of hydrogen-bond acceptors (Lipinski definition) is 4. The van der Waals surface area contributed by atoms with Gasteiger partial charge in [-0.3, -0.25) is 9.59 Å². The molecule has 0 bridgehead atoms. The first-order valence-corrected chi connectivity index (χ1v) is 8.70. The Bertz CT molecular complexity index is 773. The molecule has 0 saturated heterocycles. The third kappa shape index (κ3) is 4.76. The second-order valence-electron chi connectivity index (χ2n) is 6.57. The second-order valence-corrected chi connectivity index (χ2v) is 6.57. The fraction of sp³-hybridized carbons (Fsp3) is 0.421. The third-order valence-corrected chi connectivity index (χ3v) is 4.57. The fourth-order valence-corrected chi connectivity index (χ4v) is 3.22. The molecule has 25 heavy (non-hydrogen) atoms. The number of nitrogens with zero attached hydrogens (tertiary/aromatic N) is 2. The zero-order valence-corrected chi connectivity index (χ0v) is 14.1. The zero-order chi connectivity index (χ0) is 17.6. The molecule has 2 unspecified atom stereocenters. The summed E-state index contributed by atoms with van der Waals surface area (Å²) in [5.74, 6) is 0.0629. The molecule has 1 heterocycles. The van der Waals surface area contributed by atoms with Gasteiger partial charge in [-0.15, -0.1) is 0 Å². The Hall–Kier alpha value is -2.47. The van der Waals surface area contributed by atoms with Gasteiger partial charge in [-0.25, -0.2) is 4.68 Å². The van der Waals surface area contributed by atoms with Crippen LogP contribution >= 0.6 is 0 Å². The average Bonchev–Trinajstić information content (AvgIpc) is 2.63. The molecule has 1 fully saturated rings. The Kier molecular flexibility index (Phi) is 5.60. The molecule has 0 aliphatic heterocycles. The number of carbonyl (C=O) groups is 1. The Morgan fingerprint density at radius 2 is 2.00 bits per heavy atom. The van der Waals surface area contributed by atoms with E-state index in [1.807, 2.05) is 30.3 Å². The standard InChI is InChI=1S/C19H23N3O3/c23-16-8-4-5-14(11-16)12-20-18(24)13-22-19(25)10-9-17(21-22)15-6-2-1-3-7-15/h1-3,6-7,9-10,14,16,23H,4-5,8,11-13H2,(H,20,24). The molecule has 1 aromatic heterocycles. The zero-order valence-electron chi connectivity index (χ0n) is 14.1. The van der Waals surface area contributed by atoms with Crippen LogP contribution in [0.4, 0.5) is 0 Å². The van der Waals surface area contributed by atoms with Crippen molar-refractivity contribution >= 4 is 5.91 Å². The van der Waals surface area contributed by atoms with Crippen molar-refractivity contribution in [2.45, 2.75) is 38.3 Å². The summed E-state index contributed by atoms with van der Waals surface area (Å²) in [6.45, 7) is 0.428. The van der Waals surface area contributed by atoms with E-state index >= 15 is 0 Å². The minimum atomic E-state index is -0.303. The van der Waals surface area contributed by atoms with Crippen molar-refractivity contribution in [3.05, 3.63) is 52.8 Å². The molecule has 1 saturated carbocycles. The molecular weight excluding hydrogens is 318 g/mol. The van der Waals surface area contributed by atoms with Crippen LogP contribution in [-0.4, -0.2) is 33.4 Å². The lowest BCUT2D eigenvalue weighted by Gasteiger charge is -2.25. The molecule has 6 nitrogen and oxygen atoms in total. The topological polar surface area (TPSA) is 84.2 Å². The van der Waals surface area contributed by atoms with Crippen molar-refractivity contribution in [1.29, 1.82) is 0 Å². The number of carbonyl (C=O) groups excluding carboxylic acids is 1. The Morgan fingerprint density at radius 3 is 2.76 bits per heavy atom. The molecule has 3 rings (SSSR count). The minimum absolute atomic E-state index is 0.102. The summed E-state index contributed by atoms with van der Waals surface area (Å²) in [7, 11) is 0. The van der Waals surface area contributed by atoms with Crippen LogP contribution in [0.5, 0.6) is 0 Å². The van der Waals surface area contributed by atoms with Crippen LogP contribution in [0.1, 0.15) is 25.7 Å². The lowest BCUT2D eigenvalue weighted by Crippen LogP contribution is -2.37. The SMILES string of the molecule is O=C(Cn1nc(-c2ccccc2)ccc1=O)NCC1CCCC(O)C1. The van der Waals surface area contributed by atoms with Gasteiger partial charge in [-0.1, -0.05) is 36.8 Å². The summed E-state index contributed by atoms with van der Waals surface area (Å²) in [5, 5.41) is 16.8. The summed E-state index contributed by atoms with van der Waals surface area (Å²) in [6.07, 6.45) is 3.31. The number of aromatic nitrogens is 2. The van der Waals surface area contributed by atoms with Crippen LogP contribution in [-0.2, 0) is 11.3 Å². The van der Waals surface area contributed by atoms with Gasteiger partial charge < -0.3 is 10.4 Å². The molecule has 2 N–H and O–H groups in total. The van der Waals surface area contributed by atoms with Gasteiger partial charge >= 0.3 is 0 Å². The molecule has 1 aliphatic rings. The number of rotatable bonds is 5. The van der Waals surface area contributed by atoms with Crippen molar-refractivity contribution in [2.24, 2.45) is 5.92 Å².